The first-order chi connectivity index (χ1) is 9.02. The zero-order chi connectivity index (χ0) is 14.0. The number of likely N-dealkylation sites (N-methyl/N-ethyl adjacent to an activating group) is 1. The molecule has 2 rings (SSSR count). The number of carbonyl (C=O) groups is 1. The summed E-state index contributed by atoms with van der Waals surface area (Å²) in [7, 11) is 3.72. The third-order valence-electron chi connectivity index (χ3n) is 3.52. The van der Waals surface area contributed by atoms with Gasteiger partial charge in [0.05, 0.1) is 0 Å². The van der Waals surface area contributed by atoms with Gasteiger partial charge in [-0.1, -0.05) is 22.0 Å². The molecular formula is C14H19BrN2O2. The Morgan fingerprint density at radius 3 is 2.84 bits per heavy atom. The molecule has 1 aromatic rings. The Hall–Kier alpha value is -1.07. The van der Waals surface area contributed by atoms with Crippen molar-refractivity contribution in [3.05, 3.63) is 28.2 Å². The normalized spacial score (nSPS) is 20.7. The second-order valence-electron chi connectivity index (χ2n) is 4.85. The van der Waals surface area contributed by atoms with E-state index in [1.54, 1.807) is 4.90 Å². The minimum Gasteiger partial charge on any atom is -0.480 e. The predicted molar refractivity (Wildman–Crippen MR) is 78.3 cm³/mol. The monoisotopic (exact) mass is 326 g/mol. The molecule has 5 heteroatoms. The lowest BCUT2D eigenvalue weighted by molar-refractivity contribution is -0.132. The van der Waals surface area contributed by atoms with E-state index < -0.39 is 0 Å². The number of likely N-dealkylation sites (tertiary alicyclic amines) is 1. The first-order valence-electron chi connectivity index (χ1n) is 6.41. The van der Waals surface area contributed by atoms with Crippen LogP contribution in [0.4, 0.5) is 0 Å². The fourth-order valence-electron chi connectivity index (χ4n) is 2.18. The quantitative estimate of drug-likeness (QED) is 0.923. The molecule has 104 valence electrons. The van der Waals surface area contributed by atoms with Crippen LogP contribution in [-0.2, 0) is 4.79 Å². The maximum Gasteiger partial charge on any atom is 0.263 e. The Bertz CT molecular complexity index is 479. The molecule has 1 N–H and O–H groups in total. The third kappa shape index (κ3) is 3.09. The Labute approximate surface area is 122 Å². The van der Waals surface area contributed by atoms with Crippen molar-refractivity contribution in [3.8, 4) is 5.75 Å². The van der Waals surface area contributed by atoms with Gasteiger partial charge in [0.25, 0.3) is 5.91 Å². The zero-order valence-corrected chi connectivity index (χ0v) is 13.0. The molecule has 1 amide bonds. The van der Waals surface area contributed by atoms with Crippen molar-refractivity contribution in [1.82, 2.24) is 10.2 Å². The van der Waals surface area contributed by atoms with E-state index in [1.807, 2.05) is 32.3 Å². The highest BCUT2D eigenvalue weighted by atomic mass is 79.9. The van der Waals surface area contributed by atoms with Crippen LogP contribution in [0.1, 0.15) is 24.9 Å². The van der Waals surface area contributed by atoms with Gasteiger partial charge in [0, 0.05) is 36.1 Å². The summed E-state index contributed by atoms with van der Waals surface area (Å²) in [6, 6.07) is 6.11. The molecule has 0 radical (unpaired) electrons. The van der Waals surface area contributed by atoms with Gasteiger partial charge in [-0.05, 0) is 26.1 Å². The highest BCUT2D eigenvalue weighted by molar-refractivity contribution is 9.10. The molecule has 1 heterocycles. The molecule has 2 unspecified atom stereocenters. The summed E-state index contributed by atoms with van der Waals surface area (Å²) in [5, 5.41) is 3.20. The summed E-state index contributed by atoms with van der Waals surface area (Å²) in [6.07, 6.45) is 0.386. The minimum absolute atomic E-state index is 0.0584. The topological polar surface area (TPSA) is 41.6 Å². The number of rotatable bonds is 4. The van der Waals surface area contributed by atoms with Gasteiger partial charge in [0.15, 0.2) is 6.10 Å². The van der Waals surface area contributed by atoms with E-state index in [-0.39, 0.29) is 18.1 Å². The van der Waals surface area contributed by atoms with Crippen LogP contribution in [-0.4, -0.2) is 37.6 Å². The van der Waals surface area contributed by atoms with Crippen molar-refractivity contribution in [3.63, 3.8) is 0 Å². The van der Waals surface area contributed by atoms with E-state index in [9.17, 15) is 4.79 Å². The highest BCUT2D eigenvalue weighted by Crippen LogP contribution is 2.30. The van der Waals surface area contributed by atoms with Crippen molar-refractivity contribution in [2.75, 3.05) is 20.6 Å². The summed E-state index contributed by atoms with van der Waals surface area (Å²) >= 11 is 3.45. The zero-order valence-electron chi connectivity index (χ0n) is 11.4. The summed E-state index contributed by atoms with van der Waals surface area (Å²) in [6.45, 7) is 2.83. The highest BCUT2D eigenvalue weighted by Gasteiger charge is 2.31. The second-order valence-corrected chi connectivity index (χ2v) is 5.76. The average Bonchev–Trinajstić information content (AvgIpc) is 2.70. The van der Waals surface area contributed by atoms with Gasteiger partial charge in [-0.2, -0.15) is 0 Å². The molecule has 1 saturated heterocycles. The molecule has 19 heavy (non-hydrogen) atoms. The Kier molecular flexibility index (Phi) is 4.47. The van der Waals surface area contributed by atoms with Crippen molar-refractivity contribution in [2.45, 2.75) is 25.5 Å². The number of benzene rings is 1. The van der Waals surface area contributed by atoms with Crippen LogP contribution in [0.3, 0.4) is 0 Å². The number of nitrogens with zero attached hydrogens (tertiary/aromatic N) is 1. The number of hydrogen-bond donors (Lipinski definition) is 1. The van der Waals surface area contributed by atoms with Crippen LogP contribution < -0.4 is 10.1 Å². The van der Waals surface area contributed by atoms with Gasteiger partial charge >= 0.3 is 0 Å². The SMILES string of the molecule is CNC(C)c1ccc(Br)cc1OC1CCN(C)C1=O. The van der Waals surface area contributed by atoms with E-state index >= 15 is 0 Å². The molecule has 0 aromatic heterocycles. The molecule has 1 aliphatic rings. The Balaban J connectivity index is 2.23. The number of amides is 1. The van der Waals surface area contributed by atoms with Gasteiger partial charge < -0.3 is 15.0 Å². The number of nitrogens with one attached hydrogen (secondary N) is 1. The van der Waals surface area contributed by atoms with Crippen molar-refractivity contribution >= 4 is 21.8 Å². The Morgan fingerprint density at radius 1 is 1.53 bits per heavy atom. The van der Waals surface area contributed by atoms with Crippen molar-refractivity contribution < 1.29 is 9.53 Å². The number of hydrogen-bond acceptors (Lipinski definition) is 3. The lowest BCUT2D eigenvalue weighted by atomic mass is 10.1. The molecule has 1 aliphatic heterocycles. The predicted octanol–water partition coefficient (Wildman–Crippen LogP) is 2.34. The minimum atomic E-state index is -0.359. The van der Waals surface area contributed by atoms with Gasteiger partial charge in [0.1, 0.15) is 5.75 Å². The van der Waals surface area contributed by atoms with Gasteiger partial charge in [-0.15, -0.1) is 0 Å². The fraction of sp³-hybridized carbons (Fsp3) is 0.500. The van der Waals surface area contributed by atoms with E-state index in [4.69, 9.17) is 4.74 Å². The van der Waals surface area contributed by atoms with Crippen molar-refractivity contribution in [1.29, 1.82) is 0 Å². The first kappa shape index (κ1) is 14.3. The van der Waals surface area contributed by atoms with E-state index in [1.165, 1.54) is 0 Å². The van der Waals surface area contributed by atoms with Gasteiger partial charge in [-0.3, -0.25) is 4.79 Å². The molecule has 1 aromatic carbocycles. The summed E-state index contributed by atoms with van der Waals surface area (Å²) in [4.78, 5) is 13.6. The Morgan fingerprint density at radius 2 is 2.26 bits per heavy atom. The van der Waals surface area contributed by atoms with Crippen LogP contribution in [0.15, 0.2) is 22.7 Å². The fourth-order valence-corrected chi connectivity index (χ4v) is 2.52. The second kappa shape index (κ2) is 5.92. The molecule has 4 nitrogen and oxygen atoms in total. The van der Waals surface area contributed by atoms with Gasteiger partial charge in [-0.25, -0.2) is 0 Å². The van der Waals surface area contributed by atoms with E-state index in [0.29, 0.717) is 0 Å². The maximum atomic E-state index is 11.9. The molecular weight excluding hydrogens is 308 g/mol. The standard InChI is InChI=1S/C14H19BrN2O2/c1-9(16-2)11-5-4-10(15)8-13(11)19-12-6-7-17(3)14(12)18/h4-5,8-9,12,16H,6-7H2,1-3H3. The first-order valence-corrected chi connectivity index (χ1v) is 7.20. The van der Waals surface area contributed by atoms with Crippen LogP contribution in [0.5, 0.6) is 5.75 Å². The molecule has 0 saturated carbocycles. The maximum absolute atomic E-state index is 11.9. The van der Waals surface area contributed by atoms with Crippen LogP contribution in [0, 0.1) is 0 Å². The average molecular weight is 327 g/mol. The lowest BCUT2D eigenvalue weighted by Gasteiger charge is -2.19. The number of ether oxygens (including phenoxy) is 1. The number of carbonyl (C=O) groups excluding carboxylic acids is 1. The van der Waals surface area contributed by atoms with Crippen LogP contribution >= 0.6 is 15.9 Å². The smallest absolute Gasteiger partial charge is 0.263 e. The summed E-state index contributed by atoms with van der Waals surface area (Å²) in [5.74, 6) is 0.827. The summed E-state index contributed by atoms with van der Waals surface area (Å²) in [5.41, 5.74) is 1.06. The summed E-state index contributed by atoms with van der Waals surface area (Å²) < 4.78 is 6.88. The molecule has 0 bridgehead atoms. The molecule has 2 atom stereocenters. The number of halogens is 1. The van der Waals surface area contributed by atoms with E-state index in [0.717, 1.165) is 28.8 Å². The largest absolute Gasteiger partial charge is 0.480 e. The van der Waals surface area contributed by atoms with E-state index in [2.05, 4.69) is 28.2 Å². The molecule has 0 aliphatic carbocycles. The lowest BCUT2D eigenvalue weighted by Crippen LogP contribution is -2.30. The third-order valence-corrected chi connectivity index (χ3v) is 4.02. The van der Waals surface area contributed by atoms with Gasteiger partial charge in [0.2, 0.25) is 0 Å². The molecule has 1 fully saturated rings. The van der Waals surface area contributed by atoms with Crippen LogP contribution in [0.25, 0.3) is 0 Å². The van der Waals surface area contributed by atoms with Crippen molar-refractivity contribution in [2.24, 2.45) is 0 Å². The molecule has 0 spiro atoms. The van der Waals surface area contributed by atoms with Crippen LogP contribution in [0.2, 0.25) is 0 Å².